The number of hydrogen-bond acceptors (Lipinski definition) is 3. The van der Waals surface area contributed by atoms with Crippen molar-refractivity contribution < 1.29 is 0 Å². The van der Waals surface area contributed by atoms with Gasteiger partial charge in [-0.15, -0.1) is 0 Å². The minimum atomic E-state index is 0.123. The molecule has 2 N–H and O–H groups in total. The maximum Gasteiger partial charge on any atom is 0.191 e. The van der Waals surface area contributed by atoms with E-state index in [-0.39, 0.29) is 5.54 Å². The SMILES string of the molecule is CC(C)CN1C(N)=NCC12Cc1ccccc1C2. The lowest BCUT2D eigenvalue weighted by Crippen LogP contribution is -2.53. The third-order valence-corrected chi connectivity index (χ3v) is 4.09. The molecule has 1 aromatic rings. The first-order valence-corrected chi connectivity index (χ1v) is 6.75. The van der Waals surface area contributed by atoms with Gasteiger partial charge in [0, 0.05) is 6.54 Å². The summed E-state index contributed by atoms with van der Waals surface area (Å²) in [5, 5.41) is 0. The number of guanidine groups is 1. The summed E-state index contributed by atoms with van der Waals surface area (Å²) < 4.78 is 0. The standard InChI is InChI=1S/C15H21N3/c1-11(2)9-18-14(16)17-10-15(18)7-12-5-3-4-6-13(12)8-15/h3-6,11H,7-10H2,1-2H3,(H2,16,17). The molecule has 2 aliphatic rings. The molecule has 0 bridgehead atoms. The Kier molecular flexibility index (Phi) is 2.58. The average molecular weight is 243 g/mol. The maximum atomic E-state index is 6.09. The summed E-state index contributed by atoms with van der Waals surface area (Å²) >= 11 is 0. The lowest BCUT2D eigenvalue weighted by atomic mass is 9.93. The largest absolute Gasteiger partial charge is 0.370 e. The quantitative estimate of drug-likeness (QED) is 0.860. The number of rotatable bonds is 2. The fraction of sp³-hybridized carbons (Fsp3) is 0.533. The van der Waals surface area contributed by atoms with Crippen molar-refractivity contribution in [2.24, 2.45) is 16.6 Å². The molecule has 1 heterocycles. The summed E-state index contributed by atoms with van der Waals surface area (Å²) in [6, 6.07) is 8.74. The number of fused-ring (bicyclic) bond motifs is 1. The van der Waals surface area contributed by atoms with Crippen molar-refractivity contribution in [3.05, 3.63) is 35.4 Å². The fourth-order valence-corrected chi connectivity index (χ4v) is 3.27. The zero-order valence-corrected chi connectivity index (χ0v) is 11.2. The summed E-state index contributed by atoms with van der Waals surface area (Å²) in [7, 11) is 0. The van der Waals surface area contributed by atoms with Crippen LogP contribution in [0.5, 0.6) is 0 Å². The molecule has 0 aromatic heterocycles. The molecule has 0 unspecified atom stereocenters. The van der Waals surface area contributed by atoms with E-state index in [2.05, 4.69) is 48.0 Å². The Balaban J connectivity index is 1.89. The normalized spacial score (nSPS) is 20.6. The second-order valence-corrected chi connectivity index (χ2v) is 6.03. The van der Waals surface area contributed by atoms with Crippen molar-refractivity contribution in [2.75, 3.05) is 13.1 Å². The van der Waals surface area contributed by atoms with Crippen molar-refractivity contribution in [3.63, 3.8) is 0 Å². The minimum Gasteiger partial charge on any atom is -0.370 e. The molecule has 3 nitrogen and oxygen atoms in total. The smallest absolute Gasteiger partial charge is 0.191 e. The van der Waals surface area contributed by atoms with Crippen molar-refractivity contribution in [2.45, 2.75) is 32.2 Å². The predicted octanol–water partition coefficient (Wildman–Crippen LogP) is 1.81. The van der Waals surface area contributed by atoms with Gasteiger partial charge in [0.15, 0.2) is 5.96 Å². The first kappa shape index (κ1) is 11.6. The van der Waals surface area contributed by atoms with Gasteiger partial charge < -0.3 is 10.6 Å². The van der Waals surface area contributed by atoms with Crippen LogP contribution in [0.4, 0.5) is 0 Å². The van der Waals surface area contributed by atoms with Gasteiger partial charge in [0.2, 0.25) is 0 Å². The zero-order valence-electron chi connectivity index (χ0n) is 11.2. The molecule has 3 heteroatoms. The number of aliphatic imine (C=N–C) groups is 1. The topological polar surface area (TPSA) is 41.6 Å². The predicted molar refractivity (Wildman–Crippen MR) is 74.6 cm³/mol. The summed E-state index contributed by atoms with van der Waals surface area (Å²) in [5.41, 5.74) is 9.15. The van der Waals surface area contributed by atoms with E-state index in [1.54, 1.807) is 0 Å². The van der Waals surface area contributed by atoms with Crippen LogP contribution in [0.15, 0.2) is 29.3 Å². The number of nitrogens with zero attached hydrogens (tertiary/aromatic N) is 2. The van der Waals surface area contributed by atoms with E-state index >= 15 is 0 Å². The molecule has 96 valence electrons. The molecule has 1 aromatic carbocycles. The Morgan fingerprint density at radius 1 is 1.28 bits per heavy atom. The van der Waals surface area contributed by atoms with Gasteiger partial charge in [0.25, 0.3) is 0 Å². The van der Waals surface area contributed by atoms with Crippen LogP contribution in [0.3, 0.4) is 0 Å². The Bertz CT molecular complexity index is 465. The van der Waals surface area contributed by atoms with Crippen molar-refractivity contribution in [3.8, 4) is 0 Å². The van der Waals surface area contributed by atoms with Gasteiger partial charge in [-0.2, -0.15) is 0 Å². The number of nitrogens with two attached hydrogens (primary N) is 1. The molecule has 0 saturated carbocycles. The van der Waals surface area contributed by atoms with E-state index in [1.165, 1.54) is 11.1 Å². The summed E-state index contributed by atoms with van der Waals surface area (Å²) in [6.07, 6.45) is 2.17. The molecule has 0 radical (unpaired) electrons. The molecule has 0 saturated heterocycles. The molecule has 1 aliphatic heterocycles. The van der Waals surface area contributed by atoms with Gasteiger partial charge in [-0.3, -0.25) is 4.99 Å². The summed E-state index contributed by atoms with van der Waals surface area (Å²) in [5.74, 6) is 1.34. The monoisotopic (exact) mass is 243 g/mol. The van der Waals surface area contributed by atoms with Gasteiger partial charge in [-0.25, -0.2) is 0 Å². The highest BCUT2D eigenvalue weighted by molar-refractivity contribution is 5.81. The van der Waals surface area contributed by atoms with Crippen LogP contribution < -0.4 is 5.73 Å². The molecular weight excluding hydrogens is 222 g/mol. The maximum absolute atomic E-state index is 6.09. The van der Waals surface area contributed by atoms with Crippen LogP contribution in [-0.2, 0) is 12.8 Å². The molecule has 0 amide bonds. The highest BCUT2D eigenvalue weighted by atomic mass is 15.4. The van der Waals surface area contributed by atoms with Crippen LogP contribution in [-0.4, -0.2) is 29.5 Å². The lowest BCUT2D eigenvalue weighted by molar-refractivity contribution is 0.192. The molecule has 0 fully saturated rings. The molecule has 1 aliphatic carbocycles. The Morgan fingerprint density at radius 2 is 1.89 bits per heavy atom. The average Bonchev–Trinajstić information content (AvgIpc) is 2.84. The van der Waals surface area contributed by atoms with Gasteiger partial charge in [0.05, 0.1) is 12.1 Å². The van der Waals surface area contributed by atoms with Crippen LogP contribution in [0.25, 0.3) is 0 Å². The first-order chi connectivity index (χ1) is 8.61. The highest BCUT2D eigenvalue weighted by Gasteiger charge is 2.46. The number of benzene rings is 1. The third-order valence-electron chi connectivity index (χ3n) is 4.09. The van der Waals surface area contributed by atoms with Crippen molar-refractivity contribution in [1.29, 1.82) is 0 Å². The zero-order chi connectivity index (χ0) is 12.8. The van der Waals surface area contributed by atoms with Crippen molar-refractivity contribution >= 4 is 5.96 Å². The Labute approximate surface area is 109 Å². The molecule has 18 heavy (non-hydrogen) atoms. The van der Waals surface area contributed by atoms with Crippen LogP contribution in [0, 0.1) is 5.92 Å². The molecule has 0 atom stereocenters. The highest BCUT2D eigenvalue weighted by Crippen LogP contribution is 2.37. The first-order valence-electron chi connectivity index (χ1n) is 6.75. The molecule has 3 rings (SSSR count). The van der Waals surface area contributed by atoms with Gasteiger partial charge in [0.1, 0.15) is 0 Å². The number of hydrogen-bond donors (Lipinski definition) is 1. The third kappa shape index (κ3) is 1.69. The summed E-state index contributed by atoms with van der Waals surface area (Å²) in [4.78, 5) is 6.85. The van der Waals surface area contributed by atoms with E-state index in [0.29, 0.717) is 5.92 Å². The van der Waals surface area contributed by atoms with E-state index in [1.807, 2.05) is 0 Å². The van der Waals surface area contributed by atoms with E-state index in [0.717, 1.165) is 31.9 Å². The van der Waals surface area contributed by atoms with Gasteiger partial charge in [-0.1, -0.05) is 38.1 Å². The second kappa shape index (κ2) is 4.01. The van der Waals surface area contributed by atoms with Crippen molar-refractivity contribution in [1.82, 2.24) is 4.90 Å². The Morgan fingerprint density at radius 3 is 2.44 bits per heavy atom. The Hall–Kier alpha value is -1.51. The van der Waals surface area contributed by atoms with Crippen LogP contribution in [0.2, 0.25) is 0 Å². The molecule has 1 spiro atoms. The molecular formula is C15H21N3. The fourth-order valence-electron chi connectivity index (χ4n) is 3.27. The second-order valence-electron chi connectivity index (χ2n) is 6.03. The summed E-state index contributed by atoms with van der Waals surface area (Å²) in [6.45, 7) is 6.33. The minimum absolute atomic E-state index is 0.123. The van der Waals surface area contributed by atoms with E-state index in [9.17, 15) is 0 Å². The van der Waals surface area contributed by atoms with Gasteiger partial charge >= 0.3 is 0 Å². The van der Waals surface area contributed by atoms with E-state index < -0.39 is 0 Å². The van der Waals surface area contributed by atoms with E-state index in [4.69, 9.17) is 5.73 Å². The van der Waals surface area contributed by atoms with Crippen LogP contribution in [0.1, 0.15) is 25.0 Å². The van der Waals surface area contributed by atoms with Gasteiger partial charge in [-0.05, 0) is 29.9 Å². The lowest BCUT2D eigenvalue weighted by Gasteiger charge is -2.37. The van der Waals surface area contributed by atoms with Crippen LogP contribution >= 0.6 is 0 Å².